The molecule has 1 aliphatic heterocycles. The van der Waals surface area contributed by atoms with Crippen LogP contribution in [-0.4, -0.2) is 19.3 Å². The first-order valence-corrected chi connectivity index (χ1v) is 6.00. The summed E-state index contributed by atoms with van der Waals surface area (Å²) < 4.78 is 16.0. The summed E-state index contributed by atoms with van der Waals surface area (Å²) >= 11 is 0. The first-order valence-electron chi connectivity index (χ1n) is 6.00. The van der Waals surface area contributed by atoms with Gasteiger partial charge in [-0.2, -0.15) is 0 Å². The van der Waals surface area contributed by atoms with Crippen LogP contribution in [0.15, 0.2) is 42.5 Å². The second kappa shape index (κ2) is 4.95. The molecule has 96 valence electrons. The van der Waals surface area contributed by atoms with Crippen LogP contribution in [-0.2, 0) is 11.3 Å². The summed E-state index contributed by atoms with van der Waals surface area (Å²) in [6.07, 6.45) is 0. The van der Waals surface area contributed by atoms with Crippen LogP contribution in [0, 0.1) is 0 Å². The maximum Gasteiger partial charge on any atom is 0.491 e. The van der Waals surface area contributed by atoms with Crippen LogP contribution in [0.2, 0.25) is 0 Å². The van der Waals surface area contributed by atoms with E-state index < -0.39 is 7.12 Å². The van der Waals surface area contributed by atoms with Gasteiger partial charge in [0, 0.05) is 0 Å². The molecule has 0 fully saturated rings. The van der Waals surface area contributed by atoms with Crippen LogP contribution in [0.25, 0.3) is 0 Å². The monoisotopic (exact) mass is 256 g/mol. The van der Waals surface area contributed by atoms with Crippen LogP contribution < -0.4 is 14.9 Å². The third-order valence-electron chi connectivity index (χ3n) is 3.07. The molecule has 0 aliphatic carbocycles. The Labute approximate surface area is 111 Å². The topological polar surface area (TPSA) is 47.9 Å². The van der Waals surface area contributed by atoms with Gasteiger partial charge in [0.2, 0.25) is 0 Å². The summed E-state index contributed by atoms with van der Waals surface area (Å²) in [6.45, 7) is 0.413. The lowest BCUT2D eigenvalue weighted by Gasteiger charge is -2.08. The molecule has 0 amide bonds. The molecule has 2 aromatic rings. The van der Waals surface area contributed by atoms with E-state index in [4.69, 9.17) is 14.1 Å². The van der Waals surface area contributed by atoms with Gasteiger partial charge in [-0.05, 0) is 47.4 Å². The van der Waals surface area contributed by atoms with E-state index in [9.17, 15) is 5.02 Å². The Balaban J connectivity index is 1.79. The predicted molar refractivity (Wildman–Crippen MR) is 71.9 cm³/mol. The number of benzene rings is 2. The van der Waals surface area contributed by atoms with Crippen molar-refractivity contribution >= 4 is 12.6 Å². The molecule has 5 heteroatoms. The highest BCUT2D eigenvalue weighted by atomic mass is 16.5. The van der Waals surface area contributed by atoms with E-state index in [1.165, 1.54) is 0 Å². The standard InChI is InChI=1S/C14H13BO4/c1-17-11-2-4-12(5-3-11)19-13-6-7-14-10(8-13)9-18-15(14)16/h2-8,16H,9H2,1H3. The van der Waals surface area contributed by atoms with Crippen molar-refractivity contribution in [1.82, 2.24) is 0 Å². The maximum absolute atomic E-state index is 9.54. The van der Waals surface area contributed by atoms with Crippen LogP contribution in [0.4, 0.5) is 0 Å². The van der Waals surface area contributed by atoms with E-state index in [0.717, 1.165) is 28.3 Å². The SMILES string of the molecule is COc1ccc(Oc2ccc3c(c2)COB3O)cc1. The predicted octanol–water partition coefficient (Wildman–Crippen LogP) is 1.71. The maximum atomic E-state index is 9.54. The quantitative estimate of drug-likeness (QED) is 0.849. The highest BCUT2D eigenvalue weighted by Gasteiger charge is 2.27. The Morgan fingerprint density at radius 2 is 1.74 bits per heavy atom. The summed E-state index contributed by atoms with van der Waals surface area (Å²) in [5.41, 5.74) is 1.76. The summed E-state index contributed by atoms with van der Waals surface area (Å²) in [5, 5.41) is 9.54. The van der Waals surface area contributed by atoms with Gasteiger partial charge < -0.3 is 19.2 Å². The Bertz CT molecular complexity index is 582. The van der Waals surface area contributed by atoms with E-state index in [1.54, 1.807) is 7.11 Å². The molecule has 0 saturated heterocycles. The molecule has 0 radical (unpaired) electrons. The number of methoxy groups -OCH3 is 1. The van der Waals surface area contributed by atoms with Crippen molar-refractivity contribution in [3.05, 3.63) is 48.0 Å². The lowest BCUT2D eigenvalue weighted by Crippen LogP contribution is -2.27. The van der Waals surface area contributed by atoms with Crippen molar-refractivity contribution < 1.29 is 19.2 Å². The van der Waals surface area contributed by atoms with Crippen LogP contribution >= 0.6 is 0 Å². The highest BCUT2D eigenvalue weighted by Crippen LogP contribution is 2.25. The molecule has 19 heavy (non-hydrogen) atoms. The van der Waals surface area contributed by atoms with Crippen LogP contribution in [0.5, 0.6) is 17.2 Å². The number of rotatable bonds is 3. The molecule has 0 bridgehead atoms. The van der Waals surface area contributed by atoms with E-state index in [2.05, 4.69) is 0 Å². The molecular weight excluding hydrogens is 243 g/mol. The van der Waals surface area contributed by atoms with Gasteiger partial charge in [0.15, 0.2) is 0 Å². The molecule has 1 N–H and O–H groups in total. The van der Waals surface area contributed by atoms with Gasteiger partial charge in [0.1, 0.15) is 17.2 Å². The summed E-state index contributed by atoms with van der Waals surface area (Å²) in [7, 11) is 0.812. The number of fused-ring (bicyclic) bond motifs is 1. The second-order valence-electron chi connectivity index (χ2n) is 4.30. The fourth-order valence-electron chi connectivity index (χ4n) is 2.05. The average molecular weight is 256 g/mol. The summed E-state index contributed by atoms with van der Waals surface area (Å²) in [4.78, 5) is 0. The minimum absolute atomic E-state index is 0.413. The third kappa shape index (κ3) is 2.43. The summed E-state index contributed by atoms with van der Waals surface area (Å²) in [5.74, 6) is 2.25. The molecule has 4 nitrogen and oxygen atoms in total. The minimum Gasteiger partial charge on any atom is -0.497 e. The fraction of sp³-hybridized carbons (Fsp3) is 0.143. The molecule has 0 saturated carbocycles. The first kappa shape index (κ1) is 12.1. The summed E-state index contributed by atoms with van der Waals surface area (Å²) in [6, 6.07) is 12.9. The van der Waals surface area contributed by atoms with E-state index in [-0.39, 0.29) is 0 Å². The normalized spacial score (nSPS) is 13.3. The Kier molecular flexibility index (Phi) is 3.15. The van der Waals surface area contributed by atoms with E-state index in [0.29, 0.717) is 6.61 Å². The van der Waals surface area contributed by atoms with Crippen molar-refractivity contribution in [2.45, 2.75) is 6.61 Å². The van der Waals surface area contributed by atoms with Gasteiger partial charge in [0.25, 0.3) is 0 Å². The first-order chi connectivity index (χ1) is 9.26. The molecule has 0 unspecified atom stereocenters. The Hall–Kier alpha value is -1.98. The van der Waals surface area contributed by atoms with Crippen molar-refractivity contribution in [2.24, 2.45) is 0 Å². The second-order valence-corrected chi connectivity index (χ2v) is 4.30. The van der Waals surface area contributed by atoms with E-state index in [1.807, 2.05) is 42.5 Å². The van der Waals surface area contributed by atoms with Gasteiger partial charge >= 0.3 is 7.12 Å². The van der Waals surface area contributed by atoms with Crippen molar-refractivity contribution in [2.75, 3.05) is 7.11 Å². The molecule has 1 aliphatic rings. The Morgan fingerprint density at radius 3 is 2.47 bits per heavy atom. The van der Waals surface area contributed by atoms with Crippen LogP contribution in [0.1, 0.15) is 5.56 Å². The number of ether oxygens (including phenoxy) is 2. The van der Waals surface area contributed by atoms with Crippen molar-refractivity contribution in [3.63, 3.8) is 0 Å². The zero-order chi connectivity index (χ0) is 13.2. The van der Waals surface area contributed by atoms with Gasteiger partial charge in [-0.25, -0.2) is 0 Å². The van der Waals surface area contributed by atoms with Gasteiger partial charge in [-0.15, -0.1) is 0 Å². The lowest BCUT2D eigenvalue weighted by atomic mass is 9.80. The van der Waals surface area contributed by atoms with Crippen molar-refractivity contribution in [3.8, 4) is 17.2 Å². The largest absolute Gasteiger partial charge is 0.497 e. The smallest absolute Gasteiger partial charge is 0.491 e. The number of hydrogen-bond donors (Lipinski definition) is 1. The van der Waals surface area contributed by atoms with E-state index >= 15 is 0 Å². The Morgan fingerprint density at radius 1 is 1.05 bits per heavy atom. The van der Waals surface area contributed by atoms with Gasteiger partial charge in [-0.1, -0.05) is 6.07 Å². The van der Waals surface area contributed by atoms with Gasteiger partial charge in [0.05, 0.1) is 13.7 Å². The molecule has 0 atom stereocenters. The number of hydrogen-bond acceptors (Lipinski definition) is 4. The molecule has 0 aromatic heterocycles. The molecule has 3 rings (SSSR count). The minimum atomic E-state index is -0.815. The molecule has 0 spiro atoms. The average Bonchev–Trinajstić information content (AvgIpc) is 2.81. The lowest BCUT2D eigenvalue weighted by molar-refractivity contribution is 0.275. The molecule has 2 aromatic carbocycles. The zero-order valence-electron chi connectivity index (χ0n) is 10.5. The fourth-order valence-corrected chi connectivity index (χ4v) is 2.05. The third-order valence-corrected chi connectivity index (χ3v) is 3.07. The molecule has 1 heterocycles. The van der Waals surface area contributed by atoms with Gasteiger partial charge in [-0.3, -0.25) is 0 Å². The molecular formula is C14H13BO4. The van der Waals surface area contributed by atoms with Crippen LogP contribution in [0.3, 0.4) is 0 Å². The zero-order valence-corrected chi connectivity index (χ0v) is 10.5. The van der Waals surface area contributed by atoms with Crippen molar-refractivity contribution in [1.29, 1.82) is 0 Å². The highest BCUT2D eigenvalue weighted by molar-refractivity contribution is 6.61.